The van der Waals surface area contributed by atoms with Crippen LogP contribution in [-0.4, -0.2) is 12.0 Å². The van der Waals surface area contributed by atoms with Gasteiger partial charge in [-0.2, -0.15) is 0 Å². The summed E-state index contributed by atoms with van der Waals surface area (Å²) in [5, 5.41) is 2.92. The summed E-state index contributed by atoms with van der Waals surface area (Å²) < 4.78 is 6.62. The molecule has 0 aliphatic heterocycles. The fraction of sp³-hybridized carbons (Fsp3) is 0.235. The second-order valence-corrected chi connectivity index (χ2v) is 5.63. The van der Waals surface area contributed by atoms with Crippen molar-refractivity contribution >= 4 is 27.5 Å². The molecule has 3 nitrogen and oxygen atoms in total. The highest BCUT2D eigenvalue weighted by molar-refractivity contribution is 9.10. The van der Waals surface area contributed by atoms with Gasteiger partial charge in [-0.15, -0.1) is 0 Å². The maximum Gasteiger partial charge on any atom is 0.265 e. The van der Waals surface area contributed by atoms with Gasteiger partial charge in [0.25, 0.3) is 5.91 Å². The van der Waals surface area contributed by atoms with Gasteiger partial charge in [-0.05, 0) is 49.2 Å². The molecule has 1 unspecified atom stereocenters. The zero-order valence-corrected chi connectivity index (χ0v) is 13.7. The van der Waals surface area contributed by atoms with E-state index in [1.54, 1.807) is 6.92 Å². The normalized spacial score (nSPS) is 11.8. The first-order chi connectivity index (χ1) is 10.1. The lowest BCUT2D eigenvalue weighted by atomic mass is 10.1. The number of benzene rings is 2. The number of nitrogens with one attached hydrogen (secondary N) is 1. The number of ether oxygens (including phenoxy) is 1. The molecular weight excluding hydrogens is 330 g/mol. The number of amides is 1. The summed E-state index contributed by atoms with van der Waals surface area (Å²) in [7, 11) is 0. The number of anilines is 1. The van der Waals surface area contributed by atoms with Crippen molar-refractivity contribution in [2.75, 3.05) is 5.32 Å². The summed E-state index contributed by atoms with van der Waals surface area (Å²) in [4.78, 5) is 12.2. The molecule has 0 aliphatic carbocycles. The third-order valence-corrected chi connectivity index (χ3v) is 3.68. The molecule has 0 aromatic heterocycles. The van der Waals surface area contributed by atoms with E-state index in [0.717, 1.165) is 22.1 Å². The number of para-hydroxylation sites is 1. The summed E-state index contributed by atoms with van der Waals surface area (Å²) in [5.41, 5.74) is 1.96. The predicted octanol–water partition coefficient (Wildman–Crippen LogP) is 4.42. The summed E-state index contributed by atoms with van der Waals surface area (Å²) in [6.45, 7) is 3.80. The molecule has 2 aromatic carbocycles. The summed E-state index contributed by atoms with van der Waals surface area (Å²) >= 11 is 3.37. The van der Waals surface area contributed by atoms with Crippen LogP contribution in [0.5, 0.6) is 5.75 Å². The lowest BCUT2D eigenvalue weighted by Gasteiger charge is -2.16. The number of carbonyl (C=O) groups excluding carboxylic acids is 1. The van der Waals surface area contributed by atoms with Gasteiger partial charge in [0.1, 0.15) is 5.75 Å². The van der Waals surface area contributed by atoms with Crippen LogP contribution >= 0.6 is 15.9 Å². The average Bonchev–Trinajstić information content (AvgIpc) is 2.50. The third kappa shape index (κ3) is 4.33. The van der Waals surface area contributed by atoms with Crippen LogP contribution < -0.4 is 10.1 Å². The molecule has 0 saturated heterocycles. The number of rotatable bonds is 5. The Bertz CT molecular complexity index is 610. The minimum Gasteiger partial charge on any atom is -0.481 e. The molecule has 1 amide bonds. The minimum atomic E-state index is -0.559. The van der Waals surface area contributed by atoms with Gasteiger partial charge in [0.15, 0.2) is 6.10 Å². The van der Waals surface area contributed by atoms with Gasteiger partial charge >= 0.3 is 0 Å². The fourth-order valence-corrected chi connectivity index (χ4v) is 2.22. The van der Waals surface area contributed by atoms with Crippen molar-refractivity contribution in [3.05, 3.63) is 58.6 Å². The Kier molecular flexibility index (Phi) is 5.39. The first-order valence-electron chi connectivity index (χ1n) is 6.91. The van der Waals surface area contributed by atoms with Crippen LogP contribution in [0.1, 0.15) is 19.4 Å². The monoisotopic (exact) mass is 347 g/mol. The van der Waals surface area contributed by atoms with Gasteiger partial charge in [-0.3, -0.25) is 4.79 Å². The van der Waals surface area contributed by atoms with Crippen LogP contribution in [0.15, 0.2) is 53.0 Å². The maximum absolute atomic E-state index is 12.2. The van der Waals surface area contributed by atoms with E-state index in [-0.39, 0.29) is 5.91 Å². The Labute approximate surface area is 133 Å². The Morgan fingerprint density at radius 2 is 1.86 bits per heavy atom. The number of aryl methyl sites for hydroxylation is 1. The quantitative estimate of drug-likeness (QED) is 0.869. The molecule has 1 atom stereocenters. The molecule has 0 bridgehead atoms. The second-order valence-electron chi connectivity index (χ2n) is 4.71. The van der Waals surface area contributed by atoms with E-state index < -0.39 is 6.10 Å². The number of hydrogen-bond acceptors (Lipinski definition) is 2. The Hall–Kier alpha value is -1.81. The smallest absolute Gasteiger partial charge is 0.265 e. The van der Waals surface area contributed by atoms with Gasteiger partial charge in [0, 0.05) is 10.2 Å². The van der Waals surface area contributed by atoms with Crippen molar-refractivity contribution < 1.29 is 9.53 Å². The van der Waals surface area contributed by atoms with E-state index in [1.165, 1.54) is 0 Å². The Balaban J connectivity index is 2.01. The van der Waals surface area contributed by atoms with Gasteiger partial charge in [-0.25, -0.2) is 0 Å². The van der Waals surface area contributed by atoms with Crippen LogP contribution in [0.4, 0.5) is 5.69 Å². The zero-order chi connectivity index (χ0) is 15.2. The summed E-state index contributed by atoms with van der Waals surface area (Å²) in [6.07, 6.45) is 0.314. The van der Waals surface area contributed by atoms with Crippen molar-refractivity contribution in [3.8, 4) is 5.75 Å². The molecule has 21 heavy (non-hydrogen) atoms. The Morgan fingerprint density at radius 3 is 2.52 bits per heavy atom. The highest BCUT2D eigenvalue weighted by Gasteiger charge is 2.15. The van der Waals surface area contributed by atoms with Crippen LogP contribution in [0.3, 0.4) is 0 Å². The summed E-state index contributed by atoms with van der Waals surface area (Å²) in [6, 6.07) is 15.2. The molecule has 2 aromatic rings. The molecule has 0 aliphatic rings. The number of carbonyl (C=O) groups is 1. The molecule has 2 rings (SSSR count). The zero-order valence-electron chi connectivity index (χ0n) is 12.1. The van der Waals surface area contributed by atoms with E-state index in [1.807, 2.05) is 48.5 Å². The van der Waals surface area contributed by atoms with Gasteiger partial charge < -0.3 is 10.1 Å². The standard InChI is InChI=1S/C17H18BrNO2/c1-3-13-6-4-5-7-16(13)19-17(20)12(2)21-15-10-8-14(18)9-11-15/h4-12H,3H2,1-2H3,(H,19,20). The van der Waals surface area contributed by atoms with E-state index >= 15 is 0 Å². The average molecular weight is 348 g/mol. The summed E-state index contributed by atoms with van der Waals surface area (Å²) in [5.74, 6) is 0.517. The minimum absolute atomic E-state index is 0.154. The number of hydrogen-bond donors (Lipinski definition) is 1. The highest BCUT2D eigenvalue weighted by Crippen LogP contribution is 2.19. The molecule has 110 valence electrons. The van der Waals surface area contributed by atoms with Crippen molar-refractivity contribution in [2.24, 2.45) is 0 Å². The van der Waals surface area contributed by atoms with E-state index in [0.29, 0.717) is 5.75 Å². The molecule has 0 fully saturated rings. The van der Waals surface area contributed by atoms with Crippen LogP contribution in [0.25, 0.3) is 0 Å². The van der Waals surface area contributed by atoms with E-state index in [2.05, 4.69) is 28.2 Å². The largest absolute Gasteiger partial charge is 0.481 e. The van der Waals surface area contributed by atoms with Crippen molar-refractivity contribution in [2.45, 2.75) is 26.4 Å². The number of halogens is 1. The highest BCUT2D eigenvalue weighted by atomic mass is 79.9. The fourth-order valence-electron chi connectivity index (χ4n) is 1.96. The molecule has 0 saturated carbocycles. The second kappa shape index (κ2) is 7.27. The van der Waals surface area contributed by atoms with Crippen molar-refractivity contribution in [1.82, 2.24) is 0 Å². The molecule has 0 radical (unpaired) electrons. The van der Waals surface area contributed by atoms with Gasteiger partial charge in [0.2, 0.25) is 0 Å². The predicted molar refractivity (Wildman–Crippen MR) is 88.7 cm³/mol. The van der Waals surface area contributed by atoms with Crippen LogP contribution in [0.2, 0.25) is 0 Å². The van der Waals surface area contributed by atoms with Crippen LogP contribution in [-0.2, 0) is 11.2 Å². The molecule has 0 heterocycles. The topological polar surface area (TPSA) is 38.3 Å². The lowest BCUT2D eigenvalue weighted by molar-refractivity contribution is -0.122. The molecule has 0 spiro atoms. The molecule has 1 N–H and O–H groups in total. The first-order valence-corrected chi connectivity index (χ1v) is 7.70. The molecular formula is C17H18BrNO2. The van der Waals surface area contributed by atoms with Crippen molar-refractivity contribution in [1.29, 1.82) is 0 Å². The SMILES string of the molecule is CCc1ccccc1NC(=O)C(C)Oc1ccc(Br)cc1. The van der Waals surface area contributed by atoms with E-state index in [9.17, 15) is 4.79 Å². The van der Waals surface area contributed by atoms with Crippen molar-refractivity contribution in [3.63, 3.8) is 0 Å². The lowest BCUT2D eigenvalue weighted by Crippen LogP contribution is -2.30. The third-order valence-electron chi connectivity index (χ3n) is 3.15. The maximum atomic E-state index is 12.2. The van der Waals surface area contributed by atoms with E-state index in [4.69, 9.17) is 4.74 Å². The van der Waals surface area contributed by atoms with Crippen LogP contribution in [0, 0.1) is 0 Å². The molecule has 4 heteroatoms. The van der Waals surface area contributed by atoms with Gasteiger partial charge in [-0.1, -0.05) is 41.1 Å². The first kappa shape index (κ1) is 15.6. The Morgan fingerprint density at radius 1 is 1.19 bits per heavy atom. The van der Waals surface area contributed by atoms with Gasteiger partial charge in [0.05, 0.1) is 0 Å².